The Morgan fingerprint density at radius 3 is 2.17 bits per heavy atom. The zero-order chi connectivity index (χ0) is 31.4. The van der Waals surface area contributed by atoms with Crippen LogP contribution >= 0.6 is 0 Å². The van der Waals surface area contributed by atoms with Crippen LogP contribution in [0, 0.1) is 5.41 Å². The average Bonchev–Trinajstić information content (AvgIpc) is 3.63. The maximum Gasteiger partial charge on any atom is 0.246 e. The summed E-state index contributed by atoms with van der Waals surface area (Å²) in [7, 11) is 0. The molecule has 2 rings (SSSR count). The van der Waals surface area contributed by atoms with Crippen LogP contribution in [0.5, 0.6) is 0 Å². The summed E-state index contributed by atoms with van der Waals surface area (Å²) in [5.41, 5.74) is 16.7. The number of hydrogen-bond donors (Lipinski definition) is 8. The van der Waals surface area contributed by atoms with E-state index < -0.39 is 54.0 Å². The normalized spacial score (nSPS) is 21.3. The third-order valence-electron chi connectivity index (χ3n) is 7.84. The van der Waals surface area contributed by atoms with Gasteiger partial charge in [-0.1, -0.05) is 0 Å². The predicted octanol–water partition coefficient (Wildman–Crippen LogP) is -2.37. The molecular formula is C27H49N9O6. The van der Waals surface area contributed by atoms with Crippen LogP contribution in [0.3, 0.4) is 0 Å². The molecule has 11 N–H and O–H groups in total. The van der Waals surface area contributed by atoms with Crippen LogP contribution in [-0.2, 0) is 24.0 Å². The lowest BCUT2D eigenvalue weighted by molar-refractivity contribution is -0.148. The first kappa shape index (κ1) is 34.9. The first-order valence-electron chi connectivity index (χ1n) is 14.8. The van der Waals surface area contributed by atoms with Crippen LogP contribution in [0.2, 0.25) is 0 Å². The second kappa shape index (κ2) is 17.0. The Labute approximate surface area is 247 Å². The molecule has 0 aliphatic carbocycles. The number of rotatable bonds is 16. The van der Waals surface area contributed by atoms with Gasteiger partial charge in [-0.05, 0) is 78.2 Å². The highest BCUT2D eigenvalue weighted by atomic mass is 16.3. The zero-order valence-electron chi connectivity index (χ0n) is 24.8. The highest BCUT2D eigenvalue weighted by Gasteiger charge is 2.44. The van der Waals surface area contributed by atoms with Crippen LogP contribution < -0.4 is 33.2 Å². The maximum atomic E-state index is 13.8. The van der Waals surface area contributed by atoms with Crippen molar-refractivity contribution in [1.29, 1.82) is 5.41 Å². The minimum Gasteiger partial charge on any atom is -0.391 e. The molecule has 2 heterocycles. The van der Waals surface area contributed by atoms with E-state index in [-0.39, 0.29) is 17.6 Å². The van der Waals surface area contributed by atoms with Crippen molar-refractivity contribution in [2.75, 3.05) is 26.2 Å². The molecule has 42 heavy (non-hydrogen) atoms. The number of guanidine groups is 1. The Kier molecular flexibility index (Phi) is 14.1. The van der Waals surface area contributed by atoms with Gasteiger partial charge in [-0.25, -0.2) is 0 Å². The highest BCUT2D eigenvalue weighted by Crippen LogP contribution is 2.26. The molecule has 2 fully saturated rings. The number of aliphatic hydroxyl groups is 1. The molecule has 0 aromatic rings. The molecule has 2 aliphatic rings. The van der Waals surface area contributed by atoms with Gasteiger partial charge in [-0.2, -0.15) is 0 Å². The SMILES string of the molecule is CC(=O)[C@H](CCCNC(=N)N)NC(=O)[C@@H]1CCCN1C(=O)[C@@H]1CCCN1C(=O)[C@H](CCCCN)NC(=O)[C@@H](N)[C@@H](C)O. The van der Waals surface area contributed by atoms with Crippen molar-refractivity contribution >= 4 is 35.4 Å². The minimum atomic E-state index is -1.21. The smallest absolute Gasteiger partial charge is 0.246 e. The van der Waals surface area contributed by atoms with Crippen molar-refractivity contribution in [2.45, 2.75) is 108 Å². The van der Waals surface area contributed by atoms with E-state index in [9.17, 15) is 29.1 Å². The van der Waals surface area contributed by atoms with Gasteiger partial charge in [-0.15, -0.1) is 0 Å². The molecule has 15 nitrogen and oxygen atoms in total. The van der Waals surface area contributed by atoms with Crippen LogP contribution in [0.4, 0.5) is 0 Å². The fraction of sp³-hybridized carbons (Fsp3) is 0.778. The van der Waals surface area contributed by atoms with Crippen molar-refractivity contribution in [2.24, 2.45) is 17.2 Å². The van der Waals surface area contributed by atoms with Gasteiger partial charge >= 0.3 is 0 Å². The van der Waals surface area contributed by atoms with Crippen LogP contribution in [0.1, 0.15) is 71.6 Å². The fourth-order valence-electron chi connectivity index (χ4n) is 5.39. The van der Waals surface area contributed by atoms with E-state index in [0.29, 0.717) is 84.0 Å². The number of Topliss-reactive ketones (excluding diaryl/α,β-unsaturated/α-hetero) is 1. The summed E-state index contributed by atoms with van der Waals surface area (Å²) in [5, 5.41) is 25.0. The predicted molar refractivity (Wildman–Crippen MR) is 156 cm³/mol. The number of hydrogen-bond acceptors (Lipinski definition) is 9. The maximum absolute atomic E-state index is 13.8. The Morgan fingerprint density at radius 2 is 1.57 bits per heavy atom. The molecule has 4 amide bonds. The van der Waals surface area contributed by atoms with Gasteiger partial charge in [-0.3, -0.25) is 29.4 Å². The number of nitrogens with two attached hydrogens (primary N) is 3. The molecule has 0 spiro atoms. The lowest BCUT2D eigenvalue weighted by Gasteiger charge is -2.33. The number of carbonyl (C=O) groups excluding carboxylic acids is 5. The molecule has 6 atom stereocenters. The summed E-state index contributed by atoms with van der Waals surface area (Å²) in [6.45, 7) is 4.25. The monoisotopic (exact) mass is 595 g/mol. The molecule has 0 aromatic heterocycles. The lowest BCUT2D eigenvalue weighted by Crippen LogP contribution is -2.58. The number of likely N-dealkylation sites (tertiary alicyclic amines) is 2. The molecular weight excluding hydrogens is 546 g/mol. The molecule has 2 saturated heterocycles. The van der Waals surface area contributed by atoms with Gasteiger partial charge < -0.3 is 48.1 Å². The van der Waals surface area contributed by atoms with Gasteiger partial charge in [0, 0.05) is 19.6 Å². The highest BCUT2D eigenvalue weighted by molar-refractivity contribution is 5.96. The van der Waals surface area contributed by atoms with Gasteiger partial charge in [0.2, 0.25) is 23.6 Å². The fourth-order valence-corrected chi connectivity index (χ4v) is 5.39. The van der Waals surface area contributed by atoms with Gasteiger partial charge in [0.05, 0.1) is 12.1 Å². The summed E-state index contributed by atoms with van der Waals surface area (Å²) in [4.78, 5) is 68.4. The molecule has 15 heteroatoms. The third-order valence-corrected chi connectivity index (χ3v) is 7.84. The molecule has 0 bridgehead atoms. The summed E-state index contributed by atoms with van der Waals surface area (Å²) in [6, 6.07) is -4.44. The van der Waals surface area contributed by atoms with Crippen molar-refractivity contribution in [1.82, 2.24) is 25.8 Å². The van der Waals surface area contributed by atoms with Crippen molar-refractivity contribution in [3.05, 3.63) is 0 Å². The molecule has 238 valence electrons. The van der Waals surface area contributed by atoms with E-state index in [4.69, 9.17) is 22.6 Å². The summed E-state index contributed by atoms with van der Waals surface area (Å²) >= 11 is 0. The number of nitrogens with zero attached hydrogens (tertiary/aromatic N) is 2. The third kappa shape index (κ3) is 9.91. The Balaban J connectivity index is 2.11. The number of aliphatic hydroxyl groups excluding tert-OH is 1. The summed E-state index contributed by atoms with van der Waals surface area (Å²) in [5.74, 6) is -2.22. The molecule has 0 radical (unpaired) electrons. The van der Waals surface area contributed by atoms with Gasteiger partial charge in [0.15, 0.2) is 11.7 Å². The summed E-state index contributed by atoms with van der Waals surface area (Å²) in [6.07, 6.45) is 3.30. The van der Waals surface area contributed by atoms with Crippen LogP contribution in [-0.4, -0.2) is 113 Å². The van der Waals surface area contributed by atoms with Crippen LogP contribution in [0.15, 0.2) is 0 Å². The zero-order valence-corrected chi connectivity index (χ0v) is 24.8. The topological polar surface area (TPSA) is 250 Å². The largest absolute Gasteiger partial charge is 0.391 e. The second-order valence-corrected chi connectivity index (χ2v) is 11.1. The molecule has 0 saturated carbocycles. The van der Waals surface area contributed by atoms with E-state index in [1.54, 1.807) is 0 Å². The second-order valence-electron chi connectivity index (χ2n) is 11.1. The first-order valence-corrected chi connectivity index (χ1v) is 14.8. The van der Waals surface area contributed by atoms with E-state index in [2.05, 4.69) is 16.0 Å². The summed E-state index contributed by atoms with van der Waals surface area (Å²) < 4.78 is 0. The lowest BCUT2D eigenvalue weighted by atomic mass is 10.0. The number of ketones is 1. The van der Waals surface area contributed by atoms with Crippen molar-refractivity contribution < 1.29 is 29.1 Å². The average molecular weight is 596 g/mol. The van der Waals surface area contributed by atoms with Crippen LogP contribution in [0.25, 0.3) is 0 Å². The Bertz CT molecular complexity index is 978. The number of nitrogens with one attached hydrogen (secondary N) is 4. The number of unbranched alkanes of at least 4 members (excludes halogenated alkanes) is 1. The van der Waals surface area contributed by atoms with Crippen molar-refractivity contribution in [3.63, 3.8) is 0 Å². The van der Waals surface area contributed by atoms with Crippen molar-refractivity contribution in [3.8, 4) is 0 Å². The number of amides is 4. The van der Waals surface area contributed by atoms with E-state index in [1.807, 2.05) is 0 Å². The molecule has 0 unspecified atom stereocenters. The van der Waals surface area contributed by atoms with E-state index >= 15 is 0 Å². The van der Waals surface area contributed by atoms with Gasteiger partial charge in [0.1, 0.15) is 24.2 Å². The van der Waals surface area contributed by atoms with Gasteiger partial charge in [0.25, 0.3) is 0 Å². The van der Waals surface area contributed by atoms with E-state index in [1.165, 1.54) is 23.6 Å². The standard InChI is InChI=1S/C27H49N9O6/c1-16(37)18(9-5-13-32-27(30)31)33-23(39)20-10-6-14-35(20)26(42)21-11-7-15-36(21)25(41)19(8-3-4-12-28)34-24(40)22(29)17(2)38/h17-22,38H,3-15,28-29H2,1-2H3,(H,33,39)(H,34,40)(H4,30,31,32)/t17-,18+,19+,20+,21+,22+/m1/s1. The minimum absolute atomic E-state index is 0.175. The van der Waals surface area contributed by atoms with E-state index in [0.717, 1.165) is 0 Å². The Morgan fingerprint density at radius 1 is 0.952 bits per heavy atom. The molecule has 2 aliphatic heterocycles. The molecule has 0 aromatic carbocycles. The Hall–Kier alpha value is -3.30. The first-order chi connectivity index (χ1) is 19.9. The quantitative estimate of drug-likeness (QED) is 0.0535. The number of carbonyl (C=O) groups is 5.